The number of fused-ring (bicyclic) bond motifs is 1. The Bertz CT molecular complexity index is 613. The van der Waals surface area contributed by atoms with E-state index in [4.69, 9.17) is 0 Å². The van der Waals surface area contributed by atoms with E-state index < -0.39 is 12.2 Å². The third-order valence-corrected chi connectivity index (χ3v) is 3.47. The van der Waals surface area contributed by atoms with Crippen molar-refractivity contribution in [3.63, 3.8) is 0 Å². The highest BCUT2D eigenvalue weighted by atomic mass is 19.1. The quantitative estimate of drug-likeness (QED) is 0.875. The molecule has 1 N–H and O–H groups in total. The maximum Gasteiger partial charge on any atom is 0.255 e. The first-order valence-corrected chi connectivity index (χ1v) is 6.17. The number of carbonyl (C=O) groups excluding carboxylic acids is 1. The number of aromatic nitrogens is 2. The first kappa shape index (κ1) is 12.1. The zero-order valence-corrected chi connectivity index (χ0v) is 10.2. The van der Waals surface area contributed by atoms with Crippen LogP contribution in [0.2, 0.25) is 0 Å². The Labute approximate surface area is 109 Å². The van der Waals surface area contributed by atoms with Crippen LogP contribution >= 0.6 is 0 Å². The molecule has 1 fully saturated rings. The summed E-state index contributed by atoms with van der Waals surface area (Å²) in [5, 5.41) is 9.21. The molecule has 2 atom stereocenters. The molecule has 2 aromatic heterocycles. The number of hydrogen-bond donors (Lipinski definition) is 1. The minimum absolute atomic E-state index is 0.0476. The summed E-state index contributed by atoms with van der Waals surface area (Å²) in [4.78, 5) is 17.8. The SMILES string of the molecule is O=C(c1ccc2nccn2c1)N1C[C@@H](F)C[C@H]1CO. The van der Waals surface area contributed by atoms with Gasteiger partial charge in [-0.3, -0.25) is 4.79 Å². The number of hydrogen-bond acceptors (Lipinski definition) is 3. The zero-order valence-electron chi connectivity index (χ0n) is 10.2. The van der Waals surface area contributed by atoms with Crippen molar-refractivity contribution in [1.82, 2.24) is 14.3 Å². The molecule has 0 saturated carbocycles. The second-order valence-corrected chi connectivity index (χ2v) is 4.74. The Kier molecular flexibility index (Phi) is 2.94. The van der Waals surface area contributed by atoms with Crippen LogP contribution in [0.3, 0.4) is 0 Å². The molecule has 3 heterocycles. The van der Waals surface area contributed by atoms with Gasteiger partial charge in [-0.1, -0.05) is 0 Å². The van der Waals surface area contributed by atoms with Crippen LogP contribution in [-0.2, 0) is 0 Å². The number of aliphatic hydroxyl groups is 1. The highest BCUT2D eigenvalue weighted by molar-refractivity contribution is 5.94. The van der Waals surface area contributed by atoms with Crippen LogP contribution in [0, 0.1) is 0 Å². The smallest absolute Gasteiger partial charge is 0.255 e. The van der Waals surface area contributed by atoms with Crippen molar-refractivity contribution in [2.24, 2.45) is 0 Å². The summed E-state index contributed by atoms with van der Waals surface area (Å²) in [7, 11) is 0. The van der Waals surface area contributed by atoms with E-state index in [0.717, 1.165) is 5.65 Å². The maximum absolute atomic E-state index is 13.4. The highest BCUT2D eigenvalue weighted by Crippen LogP contribution is 2.22. The van der Waals surface area contributed by atoms with E-state index in [1.807, 2.05) is 0 Å². The number of nitrogens with zero attached hydrogens (tertiary/aromatic N) is 3. The fourth-order valence-electron chi connectivity index (χ4n) is 2.49. The Morgan fingerprint density at radius 2 is 2.37 bits per heavy atom. The minimum atomic E-state index is -1.06. The summed E-state index contributed by atoms with van der Waals surface area (Å²) in [6.07, 6.45) is 4.21. The molecule has 0 aliphatic carbocycles. The van der Waals surface area contributed by atoms with Gasteiger partial charge in [-0.2, -0.15) is 0 Å². The van der Waals surface area contributed by atoms with Crippen LogP contribution in [-0.4, -0.2) is 50.7 Å². The van der Waals surface area contributed by atoms with Gasteiger partial charge in [0.15, 0.2) is 0 Å². The first-order chi connectivity index (χ1) is 9.19. The van der Waals surface area contributed by atoms with Crippen molar-refractivity contribution in [2.45, 2.75) is 18.6 Å². The normalized spacial score (nSPS) is 23.2. The lowest BCUT2D eigenvalue weighted by atomic mass is 10.2. The van der Waals surface area contributed by atoms with Gasteiger partial charge in [0.2, 0.25) is 0 Å². The predicted molar refractivity (Wildman–Crippen MR) is 66.6 cm³/mol. The largest absolute Gasteiger partial charge is 0.394 e. The number of aliphatic hydroxyl groups excluding tert-OH is 1. The third kappa shape index (κ3) is 2.08. The van der Waals surface area contributed by atoms with Crippen molar-refractivity contribution in [1.29, 1.82) is 0 Å². The van der Waals surface area contributed by atoms with Gasteiger partial charge in [0.1, 0.15) is 11.8 Å². The number of halogens is 1. The molecule has 6 heteroatoms. The highest BCUT2D eigenvalue weighted by Gasteiger charge is 2.35. The van der Waals surface area contributed by atoms with Crippen LogP contribution < -0.4 is 0 Å². The molecule has 0 aromatic carbocycles. The Morgan fingerprint density at radius 1 is 1.53 bits per heavy atom. The summed E-state index contributed by atoms with van der Waals surface area (Å²) >= 11 is 0. The van der Waals surface area contributed by atoms with Gasteiger partial charge in [-0.25, -0.2) is 9.37 Å². The molecular formula is C13H14FN3O2. The van der Waals surface area contributed by atoms with E-state index in [2.05, 4.69) is 4.98 Å². The summed E-state index contributed by atoms with van der Waals surface area (Å²) < 4.78 is 15.1. The standard InChI is InChI=1S/C13H14FN3O2/c14-10-5-11(8-18)17(7-10)13(19)9-1-2-12-15-3-4-16(12)6-9/h1-4,6,10-11,18H,5,7-8H2/t10-,11-/m0/s1. The van der Waals surface area contributed by atoms with Gasteiger partial charge in [0.25, 0.3) is 5.91 Å². The predicted octanol–water partition coefficient (Wildman–Crippen LogP) is 0.879. The number of pyridine rings is 1. The van der Waals surface area contributed by atoms with E-state index >= 15 is 0 Å². The maximum atomic E-state index is 13.4. The first-order valence-electron chi connectivity index (χ1n) is 6.17. The van der Waals surface area contributed by atoms with Crippen molar-refractivity contribution >= 4 is 11.6 Å². The topological polar surface area (TPSA) is 57.8 Å². The van der Waals surface area contributed by atoms with E-state index in [0.29, 0.717) is 5.56 Å². The van der Waals surface area contributed by atoms with Crippen molar-refractivity contribution in [3.05, 3.63) is 36.3 Å². The van der Waals surface area contributed by atoms with Gasteiger partial charge < -0.3 is 14.4 Å². The summed E-state index contributed by atoms with van der Waals surface area (Å²) in [6.45, 7) is -0.161. The summed E-state index contributed by atoms with van der Waals surface area (Å²) in [5.74, 6) is -0.255. The molecule has 100 valence electrons. The third-order valence-electron chi connectivity index (χ3n) is 3.47. The van der Waals surface area contributed by atoms with Gasteiger partial charge in [-0.05, 0) is 12.1 Å². The van der Waals surface area contributed by atoms with Gasteiger partial charge >= 0.3 is 0 Å². The monoisotopic (exact) mass is 263 g/mol. The lowest BCUT2D eigenvalue weighted by Gasteiger charge is -2.22. The number of rotatable bonds is 2. The van der Waals surface area contributed by atoms with Crippen LogP contribution in [0.25, 0.3) is 5.65 Å². The molecule has 0 spiro atoms. The molecule has 0 bridgehead atoms. The molecule has 1 saturated heterocycles. The van der Waals surface area contributed by atoms with Crippen LogP contribution in [0.4, 0.5) is 4.39 Å². The minimum Gasteiger partial charge on any atom is -0.394 e. The van der Waals surface area contributed by atoms with Crippen molar-refractivity contribution in [3.8, 4) is 0 Å². The molecule has 1 aliphatic heterocycles. The van der Waals surface area contributed by atoms with E-state index in [1.54, 1.807) is 35.1 Å². The number of carbonyl (C=O) groups is 1. The van der Waals surface area contributed by atoms with Crippen molar-refractivity contribution < 1.29 is 14.3 Å². The number of alkyl halides is 1. The van der Waals surface area contributed by atoms with Crippen LogP contribution in [0.1, 0.15) is 16.8 Å². The van der Waals surface area contributed by atoms with E-state index in [1.165, 1.54) is 4.90 Å². The second-order valence-electron chi connectivity index (χ2n) is 4.74. The zero-order chi connectivity index (χ0) is 13.4. The molecule has 5 nitrogen and oxygen atoms in total. The molecule has 0 unspecified atom stereocenters. The summed E-state index contributed by atoms with van der Waals surface area (Å²) in [6, 6.07) is 2.98. The van der Waals surface area contributed by atoms with Gasteiger partial charge in [-0.15, -0.1) is 0 Å². The fourth-order valence-corrected chi connectivity index (χ4v) is 2.49. The van der Waals surface area contributed by atoms with E-state index in [-0.39, 0.29) is 25.5 Å². The van der Waals surface area contributed by atoms with E-state index in [9.17, 15) is 14.3 Å². The second kappa shape index (κ2) is 4.62. The molecule has 2 aromatic rings. The number of likely N-dealkylation sites (tertiary alicyclic amines) is 1. The van der Waals surface area contributed by atoms with Crippen LogP contribution in [0.5, 0.6) is 0 Å². The number of imidazole rings is 1. The fraction of sp³-hybridized carbons (Fsp3) is 0.385. The Morgan fingerprint density at radius 3 is 3.16 bits per heavy atom. The van der Waals surface area contributed by atoms with Gasteiger partial charge in [0.05, 0.1) is 24.8 Å². The number of amides is 1. The lowest BCUT2D eigenvalue weighted by Crippen LogP contribution is -2.37. The molecular weight excluding hydrogens is 249 g/mol. The Hall–Kier alpha value is -1.95. The lowest BCUT2D eigenvalue weighted by molar-refractivity contribution is 0.0672. The van der Waals surface area contributed by atoms with Crippen molar-refractivity contribution in [2.75, 3.05) is 13.2 Å². The van der Waals surface area contributed by atoms with Crippen LogP contribution in [0.15, 0.2) is 30.7 Å². The average Bonchev–Trinajstić information content (AvgIpc) is 3.02. The molecule has 0 radical (unpaired) electrons. The molecule has 3 rings (SSSR count). The summed E-state index contributed by atoms with van der Waals surface area (Å²) in [5.41, 5.74) is 1.22. The molecule has 1 amide bonds. The average molecular weight is 263 g/mol. The van der Waals surface area contributed by atoms with Gasteiger partial charge in [0, 0.05) is 25.0 Å². The molecule has 19 heavy (non-hydrogen) atoms. The Balaban J connectivity index is 1.90. The molecule has 1 aliphatic rings.